The topological polar surface area (TPSA) is 61.4 Å². The SMILES string of the molecule is O=C(Nc1ccccc1C(=O)NCCc1ccccc1)c1ccc(CN2CCCCCC2)cc1. The molecule has 0 bridgehead atoms. The number of amides is 2. The highest BCUT2D eigenvalue weighted by molar-refractivity contribution is 6.09. The highest BCUT2D eigenvalue weighted by Gasteiger charge is 2.15. The molecule has 34 heavy (non-hydrogen) atoms. The molecule has 1 aliphatic rings. The van der Waals surface area contributed by atoms with Crippen LogP contribution in [0.5, 0.6) is 0 Å². The van der Waals surface area contributed by atoms with Crippen LogP contribution in [0.1, 0.15) is 57.5 Å². The minimum Gasteiger partial charge on any atom is -0.352 e. The van der Waals surface area contributed by atoms with Crippen molar-refractivity contribution in [1.82, 2.24) is 10.2 Å². The summed E-state index contributed by atoms with van der Waals surface area (Å²) >= 11 is 0. The number of rotatable bonds is 8. The van der Waals surface area contributed by atoms with E-state index in [0.29, 0.717) is 23.4 Å². The molecule has 1 saturated heterocycles. The molecule has 176 valence electrons. The first-order valence-electron chi connectivity index (χ1n) is 12.2. The van der Waals surface area contributed by atoms with E-state index in [2.05, 4.69) is 15.5 Å². The summed E-state index contributed by atoms with van der Waals surface area (Å²) in [6.07, 6.45) is 5.93. The minimum atomic E-state index is -0.217. The van der Waals surface area contributed by atoms with Gasteiger partial charge in [-0.3, -0.25) is 14.5 Å². The molecular weight excluding hydrogens is 422 g/mol. The van der Waals surface area contributed by atoms with Crippen molar-refractivity contribution in [1.29, 1.82) is 0 Å². The standard InChI is InChI=1S/C29H33N3O2/c33-28(25-16-14-24(15-17-25)22-32-20-8-1-2-9-21-32)31-27-13-7-6-12-26(27)29(34)30-19-18-23-10-4-3-5-11-23/h3-7,10-17H,1-2,8-9,18-22H2,(H,30,34)(H,31,33). The van der Waals surface area contributed by atoms with Gasteiger partial charge in [0.05, 0.1) is 11.3 Å². The maximum atomic E-state index is 12.9. The summed E-state index contributed by atoms with van der Waals surface area (Å²) in [7, 11) is 0. The van der Waals surface area contributed by atoms with Crippen LogP contribution in [0.4, 0.5) is 5.69 Å². The molecule has 3 aromatic carbocycles. The van der Waals surface area contributed by atoms with Crippen LogP contribution in [0, 0.1) is 0 Å². The van der Waals surface area contributed by atoms with E-state index in [-0.39, 0.29) is 11.8 Å². The molecule has 0 atom stereocenters. The van der Waals surface area contributed by atoms with E-state index in [1.54, 1.807) is 18.2 Å². The van der Waals surface area contributed by atoms with Gasteiger partial charge in [-0.25, -0.2) is 0 Å². The van der Waals surface area contributed by atoms with E-state index < -0.39 is 0 Å². The van der Waals surface area contributed by atoms with Gasteiger partial charge in [0.1, 0.15) is 0 Å². The fourth-order valence-electron chi connectivity index (χ4n) is 4.36. The lowest BCUT2D eigenvalue weighted by molar-refractivity contribution is 0.0955. The van der Waals surface area contributed by atoms with E-state index in [1.807, 2.05) is 60.7 Å². The monoisotopic (exact) mass is 455 g/mol. The molecule has 2 N–H and O–H groups in total. The van der Waals surface area contributed by atoms with Gasteiger partial charge in [0.2, 0.25) is 0 Å². The van der Waals surface area contributed by atoms with Crippen LogP contribution >= 0.6 is 0 Å². The maximum Gasteiger partial charge on any atom is 0.255 e. The number of carbonyl (C=O) groups excluding carboxylic acids is 2. The molecule has 0 saturated carbocycles. The van der Waals surface area contributed by atoms with Gasteiger partial charge in [0.25, 0.3) is 11.8 Å². The van der Waals surface area contributed by atoms with Gasteiger partial charge in [-0.1, -0.05) is 67.4 Å². The number of para-hydroxylation sites is 1. The van der Waals surface area contributed by atoms with Crippen LogP contribution < -0.4 is 10.6 Å². The fourth-order valence-corrected chi connectivity index (χ4v) is 4.36. The first kappa shape index (κ1) is 23.7. The number of nitrogens with one attached hydrogen (secondary N) is 2. The van der Waals surface area contributed by atoms with Crippen LogP contribution in [0.15, 0.2) is 78.9 Å². The zero-order chi connectivity index (χ0) is 23.6. The lowest BCUT2D eigenvalue weighted by Gasteiger charge is -2.19. The van der Waals surface area contributed by atoms with E-state index >= 15 is 0 Å². The number of hydrogen-bond acceptors (Lipinski definition) is 3. The quantitative estimate of drug-likeness (QED) is 0.485. The van der Waals surface area contributed by atoms with Crippen molar-refractivity contribution < 1.29 is 9.59 Å². The third-order valence-electron chi connectivity index (χ3n) is 6.28. The number of nitrogens with zero attached hydrogens (tertiary/aromatic N) is 1. The minimum absolute atomic E-state index is 0.195. The normalized spacial score (nSPS) is 14.2. The molecule has 5 heteroatoms. The maximum absolute atomic E-state index is 12.9. The summed E-state index contributed by atoms with van der Waals surface area (Å²) in [4.78, 5) is 28.1. The van der Waals surface area contributed by atoms with Crippen molar-refractivity contribution in [2.45, 2.75) is 38.6 Å². The molecule has 4 rings (SSSR count). The average Bonchev–Trinajstić information content (AvgIpc) is 3.14. The molecular formula is C29H33N3O2. The Hall–Kier alpha value is -3.44. The molecule has 0 aliphatic carbocycles. The molecule has 5 nitrogen and oxygen atoms in total. The second-order valence-electron chi connectivity index (χ2n) is 8.88. The van der Waals surface area contributed by atoms with E-state index in [0.717, 1.165) is 26.1 Å². The number of likely N-dealkylation sites (tertiary alicyclic amines) is 1. The Labute approximate surface area is 202 Å². The number of hydrogen-bond donors (Lipinski definition) is 2. The third kappa shape index (κ3) is 6.78. The van der Waals surface area contributed by atoms with Crippen LogP contribution in [0.3, 0.4) is 0 Å². The lowest BCUT2D eigenvalue weighted by Crippen LogP contribution is -2.27. The van der Waals surface area contributed by atoms with Gasteiger partial charge in [-0.15, -0.1) is 0 Å². The van der Waals surface area contributed by atoms with Gasteiger partial charge < -0.3 is 10.6 Å². The van der Waals surface area contributed by atoms with Gasteiger partial charge in [0, 0.05) is 18.7 Å². The van der Waals surface area contributed by atoms with Crippen LogP contribution in [-0.4, -0.2) is 36.3 Å². The fraction of sp³-hybridized carbons (Fsp3) is 0.310. The largest absolute Gasteiger partial charge is 0.352 e. The molecule has 1 aliphatic heterocycles. The highest BCUT2D eigenvalue weighted by Crippen LogP contribution is 2.18. The predicted molar refractivity (Wildman–Crippen MR) is 137 cm³/mol. The molecule has 0 aromatic heterocycles. The summed E-state index contributed by atoms with van der Waals surface area (Å²) in [5.74, 6) is -0.412. The van der Waals surface area contributed by atoms with Crippen molar-refractivity contribution in [2.24, 2.45) is 0 Å². The smallest absolute Gasteiger partial charge is 0.255 e. The molecule has 0 radical (unpaired) electrons. The Kier molecular flexibility index (Phi) is 8.47. The molecule has 1 fully saturated rings. The van der Waals surface area contributed by atoms with Crippen LogP contribution in [-0.2, 0) is 13.0 Å². The second-order valence-corrected chi connectivity index (χ2v) is 8.88. The summed E-state index contributed by atoms with van der Waals surface area (Å²) in [5, 5.41) is 5.87. The van der Waals surface area contributed by atoms with Crippen molar-refractivity contribution in [3.8, 4) is 0 Å². The van der Waals surface area contributed by atoms with Crippen LogP contribution in [0.25, 0.3) is 0 Å². The first-order valence-corrected chi connectivity index (χ1v) is 12.2. The summed E-state index contributed by atoms with van der Waals surface area (Å²) in [6, 6.07) is 25.0. The first-order chi connectivity index (χ1) is 16.7. The zero-order valence-electron chi connectivity index (χ0n) is 19.6. The van der Waals surface area contributed by atoms with Gasteiger partial charge in [0.15, 0.2) is 0 Å². The molecule has 0 unspecified atom stereocenters. The highest BCUT2D eigenvalue weighted by atomic mass is 16.2. The van der Waals surface area contributed by atoms with E-state index in [1.165, 1.54) is 36.8 Å². The van der Waals surface area contributed by atoms with E-state index in [9.17, 15) is 9.59 Å². The Morgan fingerprint density at radius 1 is 0.706 bits per heavy atom. The van der Waals surface area contributed by atoms with Crippen molar-refractivity contribution >= 4 is 17.5 Å². The summed E-state index contributed by atoms with van der Waals surface area (Å²) in [5.41, 5.74) is 3.94. The second kappa shape index (κ2) is 12.1. The number of carbonyl (C=O) groups is 2. The Morgan fingerprint density at radius 3 is 2.12 bits per heavy atom. The molecule has 3 aromatic rings. The van der Waals surface area contributed by atoms with Crippen molar-refractivity contribution in [3.63, 3.8) is 0 Å². The van der Waals surface area contributed by atoms with Crippen molar-refractivity contribution in [2.75, 3.05) is 25.0 Å². The predicted octanol–water partition coefficient (Wildman–Crippen LogP) is 5.29. The molecule has 0 spiro atoms. The third-order valence-corrected chi connectivity index (χ3v) is 6.28. The number of benzene rings is 3. The Morgan fingerprint density at radius 2 is 1.38 bits per heavy atom. The molecule has 1 heterocycles. The van der Waals surface area contributed by atoms with Gasteiger partial charge in [-0.2, -0.15) is 0 Å². The average molecular weight is 456 g/mol. The number of anilines is 1. The van der Waals surface area contributed by atoms with Crippen LogP contribution in [0.2, 0.25) is 0 Å². The Bertz CT molecular complexity index is 1070. The molecule has 2 amide bonds. The Balaban J connectivity index is 1.34. The van der Waals surface area contributed by atoms with Gasteiger partial charge >= 0.3 is 0 Å². The van der Waals surface area contributed by atoms with Gasteiger partial charge in [-0.05, 0) is 67.7 Å². The van der Waals surface area contributed by atoms with Crippen molar-refractivity contribution in [3.05, 3.63) is 101 Å². The van der Waals surface area contributed by atoms with E-state index in [4.69, 9.17) is 0 Å². The zero-order valence-corrected chi connectivity index (χ0v) is 19.6. The summed E-state index contributed by atoms with van der Waals surface area (Å²) < 4.78 is 0. The summed E-state index contributed by atoms with van der Waals surface area (Å²) in [6.45, 7) is 3.75. The lowest BCUT2D eigenvalue weighted by atomic mass is 10.1.